The number of ether oxygens (including phenoxy) is 4. The Morgan fingerprint density at radius 3 is 1.99 bits per heavy atom. The lowest BCUT2D eigenvalue weighted by Gasteiger charge is -2.22. The van der Waals surface area contributed by atoms with E-state index in [0.717, 1.165) is 28.9 Å². The third-order valence-electron chi connectivity index (χ3n) is 13.6. The fourth-order valence-electron chi connectivity index (χ4n) is 9.83. The summed E-state index contributed by atoms with van der Waals surface area (Å²) < 4.78 is 24.4. The molecule has 4 aliphatic rings. The number of para-hydroxylation sites is 2. The number of nitrogens with two attached hydrogens (primary N) is 1. The number of unbranched alkanes of at least 4 members (excludes halogenated alkanes) is 1. The molecule has 0 aliphatic carbocycles. The van der Waals surface area contributed by atoms with Crippen molar-refractivity contribution in [2.45, 2.75) is 89.8 Å². The van der Waals surface area contributed by atoms with Crippen molar-refractivity contribution >= 4 is 70.1 Å². The van der Waals surface area contributed by atoms with Crippen molar-refractivity contribution < 1.29 is 47.7 Å². The van der Waals surface area contributed by atoms with E-state index in [9.17, 15) is 28.8 Å². The van der Waals surface area contributed by atoms with Crippen LogP contribution in [0.2, 0.25) is 0 Å². The van der Waals surface area contributed by atoms with Gasteiger partial charge in [-0.15, -0.1) is 0 Å². The summed E-state index contributed by atoms with van der Waals surface area (Å²) in [5.74, 6) is -0.561. The van der Waals surface area contributed by atoms with Crippen molar-refractivity contribution in [2.75, 3.05) is 54.3 Å². The van der Waals surface area contributed by atoms with E-state index < -0.39 is 23.9 Å². The van der Waals surface area contributed by atoms with E-state index in [-0.39, 0.29) is 61.8 Å². The number of fused-ring (bicyclic) bond motifs is 8. The first-order valence-electron chi connectivity index (χ1n) is 25.1. The summed E-state index contributed by atoms with van der Waals surface area (Å²) in [6.07, 6.45) is 4.49. The third-order valence-corrected chi connectivity index (χ3v) is 13.6. The van der Waals surface area contributed by atoms with Crippen molar-refractivity contribution in [2.24, 2.45) is 10.7 Å². The van der Waals surface area contributed by atoms with E-state index in [1.54, 1.807) is 47.5 Å². The number of methoxy groups -OCH3 is 2. The molecule has 6 amide bonds. The number of carbonyl (C=O) groups excluding carboxylic acids is 6. The smallest absolute Gasteiger partial charge is 0.261 e. The third kappa shape index (κ3) is 11.4. The maximum atomic E-state index is 14.1. The average Bonchev–Trinajstić information content (AvgIpc) is 3.92. The Kier molecular flexibility index (Phi) is 15.6. The highest BCUT2D eigenvalue weighted by Crippen LogP contribution is 2.43. The van der Waals surface area contributed by atoms with Gasteiger partial charge in [-0.3, -0.25) is 38.7 Å². The molecule has 5 aromatic rings. The van der Waals surface area contributed by atoms with Gasteiger partial charge in [-0.05, 0) is 97.8 Å². The highest BCUT2D eigenvalue weighted by Gasteiger charge is 2.39. The molecule has 4 aliphatic heterocycles. The largest absolute Gasteiger partial charge is 0.493 e. The molecule has 390 valence electrons. The average molecular weight is 1020 g/mol. The van der Waals surface area contributed by atoms with Gasteiger partial charge in [0.25, 0.3) is 11.8 Å². The van der Waals surface area contributed by atoms with E-state index in [2.05, 4.69) is 26.6 Å². The SMILES string of the molecule is COc1cc2c(cc1OCc1cc(COc3cc4c(cc3OC)C(=O)N3c5ccccc5C[C@H]3CN4)cc(NC(=O)C(C)NC(=O)[C@H](C)NC(=O)CCCCC(=O)NCCN)c1)N=CC1Cc3ccccc3N1C2=O. The summed E-state index contributed by atoms with van der Waals surface area (Å²) in [6.45, 7) is 4.28. The molecule has 4 atom stereocenters. The van der Waals surface area contributed by atoms with Crippen LogP contribution in [0.4, 0.5) is 28.4 Å². The fraction of sp³-hybridized carbons (Fsp3) is 0.339. The Hall–Kier alpha value is -8.45. The zero-order valence-corrected chi connectivity index (χ0v) is 42.3. The molecule has 0 saturated carbocycles. The maximum absolute atomic E-state index is 14.1. The van der Waals surface area contributed by atoms with Crippen molar-refractivity contribution in [3.8, 4) is 23.0 Å². The van der Waals surface area contributed by atoms with Gasteiger partial charge in [0.2, 0.25) is 23.6 Å². The Morgan fingerprint density at radius 1 is 0.707 bits per heavy atom. The van der Waals surface area contributed by atoms with Crippen molar-refractivity contribution in [3.05, 3.63) is 124 Å². The molecule has 0 radical (unpaired) electrons. The maximum Gasteiger partial charge on any atom is 0.261 e. The lowest BCUT2D eigenvalue weighted by Crippen LogP contribution is -2.50. The number of nitrogens with zero attached hydrogens (tertiary/aromatic N) is 3. The van der Waals surface area contributed by atoms with Crippen LogP contribution < -0.4 is 61.1 Å². The number of hydrogen-bond donors (Lipinski definition) is 6. The Labute approximate surface area is 434 Å². The van der Waals surface area contributed by atoms with E-state index in [4.69, 9.17) is 29.7 Å². The van der Waals surface area contributed by atoms with Crippen LogP contribution in [0, 0.1) is 0 Å². The first-order chi connectivity index (χ1) is 36.3. The minimum Gasteiger partial charge on any atom is -0.493 e. The van der Waals surface area contributed by atoms with Crippen LogP contribution >= 0.6 is 0 Å². The van der Waals surface area contributed by atoms with Gasteiger partial charge in [0, 0.05) is 74.3 Å². The molecule has 75 heavy (non-hydrogen) atoms. The second kappa shape index (κ2) is 22.8. The van der Waals surface area contributed by atoms with Gasteiger partial charge in [-0.1, -0.05) is 36.4 Å². The van der Waals surface area contributed by atoms with E-state index in [0.29, 0.717) is 101 Å². The molecule has 19 nitrogen and oxygen atoms in total. The molecule has 2 unspecified atom stereocenters. The van der Waals surface area contributed by atoms with Crippen LogP contribution in [0.1, 0.15) is 82.5 Å². The fourth-order valence-corrected chi connectivity index (χ4v) is 9.83. The van der Waals surface area contributed by atoms with E-state index in [1.807, 2.05) is 59.5 Å². The minimum atomic E-state index is -1.02. The molecule has 9 rings (SSSR count). The minimum absolute atomic E-state index is 0.00724. The Morgan fingerprint density at radius 2 is 1.31 bits per heavy atom. The van der Waals surface area contributed by atoms with Gasteiger partial charge in [-0.2, -0.15) is 0 Å². The Balaban J connectivity index is 0.914. The number of rotatable bonds is 20. The lowest BCUT2D eigenvalue weighted by atomic mass is 10.1. The summed E-state index contributed by atoms with van der Waals surface area (Å²) in [4.78, 5) is 88.0. The summed E-state index contributed by atoms with van der Waals surface area (Å²) in [6, 6.07) is 25.5. The monoisotopic (exact) mass is 1020 g/mol. The number of carbonyl (C=O) groups is 6. The summed E-state index contributed by atoms with van der Waals surface area (Å²) >= 11 is 0. The molecule has 7 N–H and O–H groups in total. The van der Waals surface area contributed by atoms with E-state index >= 15 is 0 Å². The van der Waals surface area contributed by atoms with Gasteiger partial charge in [0.1, 0.15) is 25.3 Å². The topological polar surface area (TPSA) is 244 Å². The van der Waals surface area contributed by atoms with E-state index in [1.165, 1.54) is 28.1 Å². The zero-order chi connectivity index (χ0) is 52.8. The Bertz CT molecular complexity index is 3070. The summed E-state index contributed by atoms with van der Waals surface area (Å²) in [5, 5.41) is 14.4. The predicted octanol–water partition coefficient (Wildman–Crippen LogP) is 5.73. The van der Waals surface area contributed by atoms with Gasteiger partial charge in [0.15, 0.2) is 23.0 Å². The molecule has 0 saturated heterocycles. The molecule has 0 aromatic heterocycles. The highest BCUT2D eigenvalue weighted by atomic mass is 16.5. The number of amides is 6. The first-order valence-corrected chi connectivity index (χ1v) is 25.1. The number of anilines is 4. The van der Waals surface area contributed by atoms with Crippen LogP contribution in [-0.2, 0) is 45.2 Å². The molecular formula is C56H61N9O10. The molecule has 0 fully saturated rings. The summed E-state index contributed by atoms with van der Waals surface area (Å²) in [5.41, 5.74) is 12.8. The van der Waals surface area contributed by atoms with Crippen molar-refractivity contribution in [1.29, 1.82) is 0 Å². The second-order valence-electron chi connectivity index (χ2n) is 18.9. The second-order valence-corrected chi connectivity index (χ2v) is 18.9. The van der Waals surface area contributed by atoms with Crippen LogP contribution in [0.5, 0.6) is 23.0 Å². The van der Waals surface area contributed by atoms with Gasteiger partial charge in [0.05, 0.1) is 48.8 Å². The molecule has 4 heterocycles. The van der Waals surface area contributed by atoms with Gasteiger partial charge in [-0.25, -0.2) is 0 Å². The first kappa shape index (κ1) is 51.5. The molecule has 19 heteroatoms. The van der Waals surface area contributed by atoms with Crippen LogP contribution in [0.3, 0.4) is 0 Å². The summed E-state index contributed by atoms with van der Waals surface area (Å²) in [7, 11) is 3.00. The molecule has 0 bridgehead atoms. The van der Waals surface area contributed by atoms with Crippen LogP contribution in [-0.4, -0.2) is 99.7 Å². The standard InChI is InChI=1S/C56H61N9O10/c1-32(61-52(67)16-10-9-15-51(66)58-18-17-57)53(68)62-33(2)54(69)63-38-20-34(30-74-49-26-43-41(24-47(49)72-3)55(70)64-39(28-59-43)22-36-11-5-7-13-45(36)64)19-35(21-38)31-75-50-27-44-42(25-48(50)73-4)56(71)65-40(29-60-44)23-37-12-6-8-14-46(37)65/h5-8,11-14,19-21,24-28,32-33,39-40,60H,9-10,15-18,22-23,29-31,57H2,1-4H3,(H,58,66)(H,61,67)(H,62,68)(H,63,69)/t32-,33?,39?,40-/m0/s1. The lowest BCUT2D eigenvalue weighted by molar-refractivity contribution is -0.130. The van der Waals surface area contributed by atoms with Gasteiger partial charge >= 0.3 is 0 Å². The van der Waals surface area contributed by atoms with Gasteiger partial charge < -0.3 is 56.2 Å². The number of benzene rings is 5. The highest BCUT2D eigenvalue weighted by molar-refractivity contribution is 6.15. The molecule has 5 aromatic carbocycles. The molecule has 0 spiro atoms. The van der Waals surface area contributed by atoms with Crippen molar-refractivity contribution in [3.63, 3.8) is 0 Å². The van der Waals surface area contributed by atoms with Crippen LogP contribution in [0.25, 0.3) is 0 Å². The molecular weight excluding hydrogens is 959 g/mol. The van der Waals surface area contributed by atoms with Crippen LogP contribution in [0.15, 0.2) is 96.0 Å². The zero-order valence-electron chi connectivity index (χ0n) is 42.3. The van der Waals surface area contributed by atoms with Crippen molar-refractivity contribution in [1.82, 2.24) is 16.0 Å². The number of nitrogens with one attached hydrogen (secondary N) is 5. The quantitative estimate of drug-likeness (QED) is 0.0513. The number of aliphatic imine (C=N–C) groups is 1. The normalized spacial score (nSPS) is 16.5. The predicted molar refractivity (Wildman–Crippen MR) is 284 cm³/mol. The number of hydrogen-bond acceptors (Lipinski definition) is 13.